The molecule has 0 unspecified atom stereocenters. The average Bonchev–Trinajstić information content (AvgIpc) is 2.30. The standard InChI is InChI=1S/C12H21N3S/c1-16-10-5-3-2-4-8-14-11-7-6-9-15-12(11)13/h6-7,9,14H,2-5,8,10H2,1H3,(H2,13,15). The van der Waals surface area contributed by atoms with Gasteiger partial charge in [0, 0.05) is 12.7 Å². The number of nitrogen functional groups attached to an aromatic ring is 1. The lowest BCUT2D eigenvalue weighted by molar-refractivity contribution is 0.689. The van der Waals surface area contributed by atoms with E-state index in [0.717, 1.165) is 12.2 Å². The van der Waals surface area contributed by atoms with Gasteiger partial charge in [-0.3, -0.25) is 0 Å². The summed E-state index contributed by atoms with van der Waals surface area (Å²) in [6.07, 6.45) is 9.01. The van der Waals surface area contributed by atoms with Gasteiger partial charge in [0.15, 0.2) is 0 Å². The maximum absolute atomic E-state index is 5.72. The van der Waals surface area contributed by atoms with Gasteiger partial charge in [0.05, 0.1) is 5.69 Å². The number of aromatic nitrogens is 1. The van der Waals surface area contributed by atoms with Crippen LogP contribution in [0.4, 0.5) is 11.5 Å². The second kappa shape index (κ2) is 8.28. The Labute approximate surface area is 102 Å². The second-order valence-corrected chi connectivity index (χ2v) is 4.76. The molecule has 0 aliphatic heterocycles. The van der Waals surface area contributed by atoms with Crippen molar-refractivity contribution in [2.24, 2.45) is 0 Å². The Morgan fingerprint density at radius 2 is 2.12 bits per heavy atom. The van der Waals surface area contributed by atoms with Crippen molar-refractivity contribution < 1.29 is 0 Å². The van der Waals surface area contributed by atoms with Crippen LogP contribution in [-0.4, -0.2) is 23.5 Å². The molecule has 16 heavy (non-hydrogen) atoms. The molecule has 0 aromatic carbocycles. The number of nitrogens with one attached hydrogen (secondary N) is 1. The van der Waals surface area contributed by atoms with Crippen molar-refractivity contribution in [1.29, 1.82) is 0 Å². The Bertz CT molecular complexity index is 291. The first-order valence-corrected chi connectivity index (χ1v) is 7.17. The average molecular weight is 239 g/mol. The molecule has 4 heteroatoms. The minimum Gasteiger partial charge on any atom is -0.382 e. The van der Waals surface area contributed by atoms with Crippen molar-refractivity contribution in [1.82, 2.24) is 4.98 Å². The zero-order valence-corrected chi connectivity index (χ0v) is 10.7. The van der Waals surface area contributed by atoms with Crippen LogP contribution >= 0.6 is 11.8 Å². The molecule has 0 amide bonds. The van der Waals surface area contributed by atoms with E-state index in [1.54, 1.807) is 6.20 Å². The first-order chi connectivity index (χ1) is 7.84. The highest BCUT2D eigenvalue weighted by atomic mass is 32.2. The van der Waals surface area contributed by atoms with Crippen LogP contribution in [0, 0.1) is 0 Å². The molecule has 3 nitrogen and oxygen atoms in total. The van der Waals surface area contributed by atoms with Crippen LogP contribution in [0.25, 0.3) is 0 Å². The molecule has 0 fully saturated rings. The van der Waals surface area contributed by atoms with Crippen LogP contribution in [0.2, 0.25) is 0 Å². The summed E-state index contributed by atoms with van der Waals surface area (Å²) in [7, 11) is 0. The van der Waals surface area contributed by atoms with Gasteiger partial charge in [-0.05, 0) is 37.0 Å². The maximum Gasteiger partial charge on any atom is 0.146 e. The molecule has 0 saturated carbocycles. The van der Waals surface area contributed by atoms with E-state index < -0.39 is 0 Å². The second-order valence-electron chi connectivity index (χ2n) is 3.77. The molecule has 0 aliphatic rings. The number of unbranched alkanes of at least 4 members (excludes halogenated alkanes) is 3. The SMILES string of the molecule is CSCCCCCCNc1cccnc1N. The minimum atomic E-state index is 0.588. The van der Waals surface area contributed by atoms with E-state index in [1.807, 2.05) is 23.9 Å². The van der Waals surface area contributed by atoms with Crippen molar-refractivity contribution in [3.63, 3.8) is 0 Å². The molecular weight excluding hydrogens is 218 g/mol. The van der Waals surface area contributed by atoms with Crippen LogP contribution in [0.5, 0.6) is 0 Å². The highest BCUT2D eigenvalue weighted by Crippen LogP contribution is 2.13. The van der Waals surface area contributed by atoms with Gasteiger partial charge in [-0.25, -0.2) is 4.98 Å². The van der Waals surface area contributed by atoms with E-state index in [9.17, 15) is 0 Å². The van der Waals surface area contributed by atoms with Crippen LogP contribution in [-0.2, 0) is 0 Å². The normalized spacial score (nSPS) is 10.3. The number of hydrogen-bond acceptors (Lipinski definition) is 4. The van der Waals surface area contributed by atoms with Gasteiger partial charge in [0.25, 0.3) is 0 Å². The highest BCUT2D eigenvalue weighted by Gasteiger charge is 1.96. The van der Waals surface area contributed by atoms with Gasteiger partial charge in [-0.1, -0.05) is 12.8 Å². The molecule has 90 valence electrons. The largest absolute Gasteiger partial charge is 0.382 e. The lowest BCUT2D eigenvalue weighted by Gasteiger charge is -2.07. The highest BCUT2D eigenvalue weighted by molar-refractivity contribution is 7.98. The third-order valence-electron chi connectivity index (χ3n) is 2.43. The molecule has 0 atom stereocenters. The Balaban J connectivity index is 2.05. The summed E-state index contributed by atoms with van der Waals surface area (Å²) in [5.74, 6) is 1.87. The summed E-state index contributed by atoms with van der Waals surface area (Å²) in [5, 5.41) is 3.31. The van der Waals surface area contributed by atoms with Gasteiger partial charge in [0.1, 0.15) is 5.82 Å². The molecule has 1 aromatic heterocycles. The van der Waals surface area contributed by atoms with Crippen LogP contribution in [0.1, 0.15) is 25.7 Å². The first-order valence-electron chi connectivity index (χ1n) is 5.78. The molecule has 0 spiro atoms. The molecule has 0 aliphatic carbocycles. The predicted molar refractivity (Wildman–Crippen MR) is 74.0 cm³/mol. The monoisotopic (exact) mass is 239 g/mol. The smallest absolute Gasteiger partial charge is 0.146 e. The molecule has 1 aromatic rings. The summed E-state index contributed by atoms with van der Waals surface area (Å²) in [6, 6.07) is 3.87. The quantitative estimate of drug-likeness (QED) is 0.685. The van der Waals surface area contributed by atoms with Gasteiger partial charge >= 0.3 is 0 Å². The fourth-order valence-electron chi connectivity index (χ4n) is 1.52. The molecule has 3 N–H and O–H groups in total. The number of rotatable bonds is 8. The molecule has 1 heterocycles. The van der Waals surface area contributed by atoms with Crippen molar-refractivity contribution in [2.75, 3.05) is 29.6 Å². The molecule has 0 radical (unpaired) electrons. The van der Waals surface area contributed by atoms with Gasteiger partial charge < -0.3 is 11.1 Å². The van der Waals surface area contributed by atoms with Crippen LogP contribution in [0.3, 0.4) is 0 Å². The summed E-state index contributed by atoms with van der Waals surface area (Å²) in [6.45, 7) is 0.981. The number of nitrogens with two attached hydrogens (primary N) is 1. The van der Waals surface area contributed by atoms with E-state index in [2.05, 4.69) is 16.6 Å². The van der Waals surface area contributed by atoms with Crippen molar-refractivity contribution in [3.8, 4) is 0 Å². The van der Waals surface area contributed by atoms with E-state index in [0.29, 0.717) is 5.82 Å². The lowest BCUT2D eigenvalue weighted by atomic mass is 10.2. The fourth-order valence-corrected chi connectivity index (χ4v) is 2.01. The molecule has 0 bridgehead atoms. The number of thioether (sulfide) groups is 1. The maximum atomic E-state index is 5.72. The zero-order chi connectivity index (χ0) is 11.6. The van der Waals surface area contributed by atoms with Crippen molar-refractivity contribution >= 4 is 23.3 Å². The minimum absolute atomic E-state index is 0.588. The third-order valence-corrected chi connectivity index (χ3v) is 3.13. The van der Waals surface area contributed by atoms with E-state index in [4.69, 9.17) is 5.73 Å². The van der Waals surface area contributed by atoms with E-state index in [-0.39, 0.29) is 0 Å². The van der Waals surface area contributed by atoms with Gasteiger partial charge in [-0.2, -0.15) is 11.8 Å². The van der Waals surface area contributed by atoms with Crippen LogP contribution in [0.15, 0.2) is 18.3 Å². The third kappa shape index (κ3) is 5.26. The Hall–Kier alpha value is -0.900. The summed E-state index contributed by atoms with van der Waals surface area (Å²) >= 11 is 1.92. The predicted octanol–water partition coefficient (Wildman–Crippen LogP) is 3.00. The first kappa shape index (κ1) is 13.2. The van der Waals surface area contributed by atoms with E-state index >= 15 is 0 Å². The topological polar surface area (TPSA) is 50.9 Å². The number of pyridine rings is 1. The molecule has 1 rings (SSSR count). The fraction of sp³-hybridized carbons (Fsp3) is 0.583. The van der Waals surface area contributed by atoms with E-state index in [1.165, 1.54) is 31.4 Å². The molecule has 0 saturated heterocycles. The van der Waals surface area contributed by atoms with Crippen molar-refractivity contribution in [3.05, 3.63) is 18.3 Å². The number of hydrogen-bond donors (Lipinski definition) is 2. The zero-order valence-electron chi connectivity index (χ0n) is 9.91. The Kier molecular flexibility index (Phi) is 6.81. The summed E-state index contributed by atoms with van der Waals surface area (Å²) < 4.78 is 0. The molecular formula is C12H21N3S. The Morgan fingerprint density at radius 1 is 1.31 bits per heavy atom. The lowest BCUT2D eigenvalue weighted by Crippen LogP contribution is -2.05. The Morgan fingerprint density at radius 3 is 2.88 bits per heavy atom. The number of nitrogens with zero attached hydrogens (tertiary/aromatic N) is 1. The van der Waals surface area contributed by atoms with Gasteiger partial charge in [-0.15, -0.1) is 0 Å². The number of anilines is 2. The summed E-state index contributed by atoms with van der Waals surface area (Å²) in [5.41, 5.74) is 6.68. The summed E-state index contributed by atoms with van der Waals surface area (Å²) in [4.78, 5) is 4.03. The van der Waals surface area contributed by atoms with Crippen LogP contribution < -0.4 is 11.1 Å². The van der Waals surface area contributed by atoms with Gasteiger partial charge in [0.2, 0.25) is 0 Å². The van der Waals surface area contributed by atoms with Crippen molar-refractivity contribution in [2.45, 2.75) is 25.7 Å².